The van der Waals surface area contributed by atoms with Crippen LogP contribution in [0.4, 0.5) is 0 Å². The van der Waals surface area contributed by atoms with Crippen molar-refractivity contribution in [3.8, 4) is 0 Å². The summed E-state index contributed by atoms with van der Waals surface area (Å²) in [6, 6.07) is 22.5. The summed E-state index contributed by atoms with van der Waals surface area (Å²) >= 11 is 0. The number of piperidine rings is 1. The number of likely N-dealkylation sites (tertiary alicyclic amines) is 1. The second-order valence-electron chi connectivity index (χ2n) is 14.1. The standard InChI is InChI=1S/C39H53N5O3/c1-39(2,40)22-12-17-36(45)42(5)34(27-31-18-19-32-15-10-11-16-33(32)25-31)37(46)43(6)35(26-29-13-8-7-9-14-29)38(47)44-23-20-30(21-24-44)28-41(3)4/h7-19,25,30,34-35H,20-24,26-28,40H2,1-6H3/b17-12+/t34-,35?/m1/s1. The van der Waals surface area contributed by atoms with E-state index >= 15 is 0 Å². The van der Waals surface area contributed by atoms with E-state index in [1.54, 1.807) is 25.1 Å². The van der Waals surface area contributed by atoms with Crippen LogP contribution in [-0.4, -0.2) is 103 Å². The van der Waals surface area contributed by atoms with E-state index in [2.05, 4.69) is 31.1 Å². The summed E-state index contributed by atoms with van der Waals surface area (Å²) in [6.07, 6.45) is 6.37. The van der Waals surface area contributed by atoms with Gasteiger partial charge in [0.1, 0.15) is 12.1 Å². The van der Waals surface area contributed by atoms with Crippen LogP contribution in [0.5, 0.6) is 0 Å². The molecular formula is C39H53N5O3. The van der Waals surface area contributed by atoms with Crippen molar-refractivity contribution in [2.75, 3.05) is 47.8 Å². The molecule has 2 N–H and O–H groups in total. The summed E-state index contributed by atoms with van der Waals surface area (Å²) in [6.45, 7) is 6.15. The van der Waals surface area contributed by atoms with Crippen molar-refractivity contribution in [1.29, 1.82) is 0 Å². The van der Waals surface area contributed by atoms with E-state index in [9.17, 15) is 14.4 Å². The van der Waals surface area contributed by atoms with Gasteiger partial charge in [0.15, 0.2) is 0 Å². The largest absolute Gasteiger partial charge is 0.341 e. The molecule has 1 heterocycles. The van der Waals surface area contributed by atoms with Crippen LogP contribution < -0.4 is 5.73 Å². The number of hydrogen-bond donors (Lipinski definition) is 1. The molecule has 47 heavy (non-hydrogen) atoms. The lowest BCUT2D eigenvalue weighted by Gasteiger charge is -2.39. The van der Waals surface area contributed by atoms with E-state index in [0.29, 0.717) is 38.3 Å². The third-order valence-electron chi connectivity index (χ3n) is 9.17. The van der Waals surface area contributed by atoms with E-state index in [1.165, 1.54) is 11.0 Å². The lowest BCUT2D eigenvalue weighted by Crippen LogP contribution is -2.57. The van der Waals surface area contributed by atoms with Crippen LogP contribution in [0.1, 0.15) is 44.2 Å². The Morgan fingerprint density at radius 2 is 1.45 bits per heavy atom. The molecule has 252 valence electrons. The molecule has 0 aromatic heterocycles. The topological polar surface area (TPSA) is 90.2 Å². The van der Waals surface area contributed by atoms with Crippen molar-refractivity contribution in [3.05, 3.63) is 96.1 Å². The summed E-state index contributed by atoms with van der Waals surface area (Å²) < 4.78 is 0. The van der Waals surface area contributed by atoms with E-state index in [0.717, 1.165) is 41.3 Å². The van der Waals surface area contributed by atoms with Gasteiger partial charge < -0.3 is 25.3 Å². The SMILES string of the molecule is CN(C)CC1CCN(C(=O)C(Cc2ccccc2)N(C)C(=O)[C@@H](Cc2ccc3ccccc3c2)N(C)C(=O)/C=C/CC(C)(C)N)CC1. The summed E-state index contributed by atoms with van der Waals surface area (Å²) in [5.41, 5.74) is 7.60. The van der Waals surface area contributed by atoms with Gasteiger partial charge in [-0.2, -0.15) is 0 Å². The highest BCUT2D eigenvalue weighted by atomic mass is 16.2. The minimum absolute atomic E-state index is 0.0449. The number of nitrogens with zero attached hydrogens (tertiary/aromatic N) is 4. The van der Waals surface area contributed by atoms with Gasteiger partial charge in [0, 0.05) is 52.1 Å². The van der Waals surface area contributed by atoms with Crippen LogP contribution in [0.15, 0.2) is 84.9 Å². The lowest BCUT2D eigenvalue weighted by atomic mass is 9.94. The number of amides is 3. The van der Waals surface area contributed by atoms with Crippen LogP contribution in [0.25, 0.3) is 10.8 Å². The molecule has 1 fully saturated rings. The zero-order chi connectivity index (χ0) is 34.1. The van der Waals surface area contributed by atoms with Gasteiger partial charge in [-0.3, -0.25) is 14.4 Å². The zero-order valence-electron chi connectivity index (χ0n) is 29.1. The molecule has 2 atom stereocenters. The first-order valence-corrected chi connectivity index (χ1v) is 16.8. The fourth-order valence-corrected chi connectivity index (χ4v) is 6.39. The minimum Gasteiger partial charge on any atom is -0.341 e. The average Bonchev–Trinajstić information content (AvgIpc) is 3.04. The van der Waals surface area contributed by atoms with Gasteiger partial charge in [-0.1, -0.05) is 78.9 Å². The Morgan fingerprint density at radius 1 is 0.830 bits per heavy atom. The van der Waals surface area contributed by atoms with Crippen LogP contribution in [0.3, 0.4) is 0 Å². The van der Waals surface area contributed by atoms with Gasteiger partial charge in [0.2, 0.25) is 17.7 Å². The Labute approximate surface area is 281 Å². The fraction of sp³-hybridized carbons (Fsp3) is 0.462. The molecule has 8 nitrogen and oxygen atoms in total. The van der Waals surface area contributed by atoms with Crippen molar-refractivity contribution in [1.82, 2.24) is 19.6 Å². The highest BCUT2D eigenvalue weighted by Crippen LogP contribution is 2.23. The van der Waals surface area contributed by atoms with Gasteiger partial charge in [0.25, 0.3) is 0 Å². The van der Waals surface area contributed by atoms with E-state index in [1.807, 2.05) is 79.4 Å². The average molecular weight is 640 g/mol. The fourth-order valence-electron chi connectivity index (χ4n) is 6.39. The Bertz CT molecular complexity index is 1520. The molecule has 1 aliphatic heterocycles. The minimum atomic E-state index is -0.818. The maximum Gasteiger partial charge on any atom is 0.246 e. The summed E-state index contributed by atoms with van der Waals surface area (Å²) in [5.74, 6) is -0.0459. The molecule has 3 amide bonds. The van der Waals surface area contributed by atoms with E-state index in [4.69, 9.17) is 5.73 Å². The smallest absolute Gasteiger partial charge is 0.246 e. The van der Waals surface area contributed by atoms with Gasteiger partial charge in [-0.25, -0.2) is 0 Å². The first-order valence-electron chi connectivity index (χ1n) is 16.8. The number of hydrogen-bond acceptors (Lipinski definition) is 5. The molecule has 0 aliphatic carbocycles. The first-order chi connectivity index (χ1) is 22.3. The predicted molar refractivity (Wildman–Crippen MR) is 191 cm³/mol. The molecule has 1 unspecified atom stereocenters. The molecular weight excluding hydrogens is 586 g/mol. The van der Waals surface area contributed by atoms with Crippen molar-refractivity contribution >= 4 is 28.5 Å². The lowest BCUT2D eigenvalue weighted by molar-refractivity contribution is -0.149. The number of carbonyl (C=O) groups is 3. The number of nitrogens with two attached hydrogens (primary N) is 1. The van der Waals surface area contributed by atoms with Gasteiger partial charge in [-0.05, 0) is 81.1 Å². The van der Waals surface area contributed by atoms with Crippen molar-refractivity contribution in [2.45, 2.75) is 63.6 Å². The predicted octanol–water partition coefficient (Wildman–Crippen LogP) is 4.76. The monoisotopic (exact) mass is 639 g/mol. The molecule has 0 spiro atoms. The second kappa shape index (κ2) is 16.2. The number of fused-ring (bicyclic) bond motifs is 1. The van der Waals surface area contributed by atoms with Gasteiger partial charge >= 0.3 is 0 Å². The van der Waals surface area contributed by atoms with Crippen molar-refractivity contribution in [2.24, 2.45) is 11.7 Å². The second-order valence-corrected chi connectivity index (χ2v) is 14.1. The molecule has 8 heteroatoms. The molecule has 4 rings (SSSR count). The van der Waals surface area contributed by atoms with Crippen LogP contribution in [-0.2, 0) is 27.2 Å². The number of rotatable bonds is 13. The molecule has 0 radical (unpaired) electrons. The third-order valence-corrected chi connectivity index (χ3v) is 9.17. The highest BCUT2D eigenvalue weighted by molar-refractivity contribution is 5.95. The number of benzene rings is 3. The molecule has 3 aromatic carbocycles. The molecule has 0 saturated carbocycles. The number of carbonyl (C=O) groups excluding carboxylic acids is 3. The molecule has 0 bridgehead atoms. The maximum absolute atomic E-state index is 14.6. The van der Waals surface area contributed by atoms with Crippen LogP contribution in [0.2, 0.25) is 0 Å². The van der Waals surface area contributed by atoms with Gasteiger partial charge in [0.05, 0.1) is 0 Å². The molecule has 1 aliphatic rings. The number of likely N-dealkylation sites (N-methyl/N-ethyl adjacent to an activating group) is 2. The zero-order valence-corrected chi connectivity index (χ0v) is 29.1. The van der Waals surface area contributed by atoms with Gasteiger partial charge in [-0.15, -0.1) is 0 Å². The van der Waals surface area contributed by atoms with Crippen LogP contribution >= 0.6 is 0 Å². The highest BCUT2D eigenvalue weighted by Gasteiger charge is 2.37. The molecule has 1 saturated heterocycles. The van der Waals surface area contributed by atoms with E-state index in [-0.39, 0.29) is 17.7 Å². The summed E-state index contributed by atoms with van der Waals surface area (Å²) in [7, 11) is 7.55. The van der Waals surface area contributed by atoms with Crippen LogP contribution in [0, 0.1) is 5.92 Å². The quantitative estimate of drug-likeness (QED) is 0.273. The Morgan fingerprint density at radius 3 is 2.09 bits per heavy atom. The Hall–Kier alpha value is -4.01. The Kier molecular flexibility index (Phi) is 12.4. The van der Waals surface area contributed by atoms with Crippen molar-refractivity contribution < 1.29 is 14.4 Å². The summed E-state index contributed by atoms with van der Waals surface area (Å²) in [4.78, 5) is 49.6. The summed E-state index contributed by atoms with van der Waals surface area (Å²) in [5, 5.41) is 2.18. The third kappa shape index (κ3) is 10.2. The van der Waals surface area contributed by atoms with E-state index < -0.39 is 17.6 Å². The van der Waals surface area contributed by atoms with Crippen molar-refractivity contribution in [3.63, 3.8) is 0 Å². The Balaban J connectivity index is 1.63. The normalized spacial score (nSPS) is 15.6. The maximum atomic E-state index is 14.6. The molecule has 3 aromatic rings. The first kappa shape index (κ1) is 35.8.